The lowest BCUT2D eigenvalue weighted by atomic mass is 10.2. The summed E-state index contributed by atoms with van der Waals surface area (Å²) in [6.07, 6.45) is -0.128. The highest BCUT2D eigenvalue weighted by molar-refractivity contribution is 8.01. The van der Waals surface area contributed by atoms with Gasteiger partial charge in [0.2, 0.25) is 11.8 Å². The monoisotopic (exact) mass is 370 g/mol. The van der Waals surface area contributed by atoms with Gasteiger partial charge in [0.25, 0.3) is 0 Å². The van der Waals surface area contributed by atoms with Crippen LogP contribution >= 0.6 is 11.8 Å². The van der Waals surface area contributed by atoms with Crippen LogP contribution in [0, 0.1) is 0 Å². The summed E-state index contributed by atoms with van der Waals surface area (Å²) in [4.78, 5) is 25.4. The van der Waals surface area contributed by atoms with E-state index in [0.717, 1.165) is 10.6 Å². The third-order valence-electron chi connectivity index (χ3n) is 4.17. The zero-order chi connectivity index (χ0) is 17.9. The van der Waals surface area contributed by atoms with Gasteiger partial charge >= 0.3 is 0 Å². The minimum Gasteiger partial charge on any atom is -0.486 e. The van der Waals surface area contributed by atoms with Crippen LogP contribution in [0.4, 0.5) is 5.69 Å². The molecule has 0 bridgehead atoms. The van der Waals surface area contributed by atoms with E-state index in [1.165, 1.54) is 11.8 Å². The van der Waals surface area contributed by atoms with Gasteiger partial charge in [0.05, 0.1) is 17.5 Å². The van der Waals surface area contributed by atoms with E-state index >= 15 is 0 Å². The molecule has 2 heterocycles. The maximum Gasteiger partial charge on any atom is 0.238 e. The molecule has 0 unspecified atom stereocenters. The van der Waals surface area contributed by atoms with Gasteiger partial charge < -0.3 is 20.1 Å². The SMILES string of the molecule is O=C(C[C@@H]1Sc2ccccc2NC1=O)NC[C@H]1COc2ccccc2O1. The van der Waals surface area contributed by atoms with E-state index in [0.29, 0.717) is 24.7 Å². The number of carbonyl (C=O) groups is 2. The van der Waals surface area contributed by atoms with Gasteiger partial charge in [-0.3, -0.25) is 9.59 Å². The Bertz CT molecular complexity index is 842. The summed E-state index contributed by atoms with van der Waals surface area (Å²) >= 11 is 1.42. The number of nitrogens with one attached hydrogen (secondary N) is 2. The molecule has 2 atom stereocenters. The van der Waals surface area contributed by atoms with E-state index in [-0.39, 0.29) is 24.3 Å². The average molecular weight is 370 g/mol. The topological polar surface area (TPSA) is 76.7 Å². The maximum atomic E-state index is 12.3. The summed E-state index contributed by atoms with van der Waals surface area (Å²) in [5.74, 6) is 1.07. The number of thioether (sulfide) groups is 1. The van der Waals surface area contributed by atoms with E-state index < -0.39 is 5.25 Å². The molecular weight excluding hydrogens is 352 g/mol. The first-order chi connectivity index (χ1) is 12.7. The Morgan fingerprint density at radius 1 is 1.15 bits per heavy atom. The number of benzene rings is 2. The maximum absolute atomic E-state index is 12.3. The van der Waals surface area contributed by atoms with Gasteiger partial charge in [-0.2, -0.15) is 0 Å². The molecule has 2 aromatic rings. The standard InChI is InChI=1S/C19H18N2O4S/c22-18(9-17-19(23)21-13-5-1-4-8-16(13)26-17)20-10-12-11-24-14-6-2-3-7-15(14)25-12/h1-8,12,17H,9-11H2,(H,20,22)(H,21,23)/t12-,17-/m0/s1. The van der Waals surface area contributed by atoms with E-state index in [2.05, 4.69) is 10.6 Å². The van der Waals surface area contributed by atoms with Gasteiger partial charge in [0, 0.05) is 11.3 Å². The predicted octanol–water partition coefficient (Wildman–Crippen LogP) is 2.45. The second-order valence-corrected chi connectivity index (χ2v) is 7.34. The van der Waals surface area contributed by atoms with E-state index in [9.17, 15) is 9.59 Å². The van der Waals surface area contributed by atoms with Gasteiger partial charge in [0.1, 0.15) is 12.7 Å². The summed E-state index contributed by atoms with van der Waals surface area (Å²) in [5, 5.41) is 5.25. The van der Waals surface area contributed by atoms with Gasteiger partial charge in [-0.05, 0) is 24.3 Å². The van der Waals surface area contributed by atoms with Crippen molar-refractivity contribution < 1.29 is 19.1 Å². The summed E-state index contributed by atoms with van der Waals surface area (Å²) in [6.45, 7) is 0.714. The summed E-state index contributed by atoms with van der Waals surface area (Å²) in [5.41, 5.74) is 0.797. The molecule has 134 valence electrons. The zero-order valence-electron chi connectivity index (χ0n) is 13.9. The summed E-state index contributed by atoms with van der Waals surface area (Å²) < 4.78 is 11.4. The quantitative estimate of drug-likeness (QED) is 0.865. The molecule has 0 saturated carbocycles. The highest BCUT2D eigenvalue weighted by Crippen LogP contribution is 2.36. The van der Waals surface area contributed by atoms with Crippen LogP contribution in [0.1, 0.15) is 6.42 Å². The van der Waals surface area contributed by atoms with E-state index in [4.69, 9.17) is 9.47 Å². The molecule has 0 aromatic heterocycles. The first-order valence-electron chi connectivity index (χ1n) is 8.41. The van der Waals surface area contributed by atoms with Crippen LogP contribution in [-0.2, 0) is 9.59 Å². The number of ether oxygens (including phenoxy) is 2. The Labute approximate surface area is 155 Å². The van der Waals surface area contributed by atoms with E-state index in [1.807, 2.05) is 48.5 Å². The molecule has 2 amide bonds. The Balaban J connectivity index is 1.29. The molecule has 0 aliphatic carbocycles. The Morgan fingerprint density at radius 3 is 2.81 bits per heavy atom. The summed E-state index contributed by atoms with van der Waals surface area (Å²) in [7, 11) is 0. The number of rotatable bonds is 4. The number of fused-ring (bicyclic) bond motifs is 2. The summed E-state index contributed by atoms with van der Waals surface area (Å²) in [6, 6.07) is 15.0. The van der Waals surface area contributed by atoms with Gasteiger partial charge in [0.15, 0.2) is 11.5 Å². The Kier molecular flexibility index (Phi) is 4.71. The van der Waals surface area contributed by atoms with Crippen molar-refractivity contribution in [1.82, 2.24) is 5.32 Å². The van der Waals surface area contributed by atoms with Crippen molar-refractivity contribution in [1.29, 1.82) is 0 Å². The minimum atomic E-state index is -0.436. The molecule has 2 N–H and O–H groups in total. The van der Waals surface area contributed by atoms with Crippen LogP contribution in [-0.4, -0.2) is 36.3 Å². The zero-order valence-corrected chi connectivity index (χ0v) is 14.8. The number of anilines is 1. The highest BCUT2D eigenvalue weighted by Gasteiger charge is 2.29. The first-order valence-corrected chi connectivity index (χ1v) is 9.29. The largest absolute Gasteiger partial charge is 0.486 e. The molecule has 0 spiro atoms. The average Bonchev–Trinajstić information content (AvgIpc) is 2.67. The van der Waals surface area contributed by atoms with Crippen molar-refractivity contribution in [3.8, 4) is 11.5 Å². The third-order valence-corrected chi connectivity index (χ3v) is 5.45. The molecule has 26 heavy (non-hydrogen) atoms. The van der Waals surface area contributed by atoms with Crippen LogP contribution in [0.15, 0.2) is 53.4 Å². The number of amides is 2. The van der Waals surface area contributed by atoms with Gasteiger partial charge in [-0.15, -0.1) is 11.8 Å². The minimum absolute atomic E-state index is 0.120. The molecular formula is C19H18N2O4S. The lowest BCUT2D eigenvalue weighted by Crippen LogP contribution is -2.42. The second kappa shape index (κ2) is 7.29. The second-order valence-electron chi connectivity index (χ2n) is 6.10. The fourth-order valence-corrected chi connectivity index (χ4v) is 3.97. The van der Waals surface area contributed by atoms with Crippen molar-refractivity contribution in [3.05, 3.63) is 48.5 Å². The predicted molar refractivity (Wildman–Crippen MR) is 98.7 cm³/mol. The van der Waals surface area contributed by atoms with Crippen LogP contribution in [0.25, 0.3) is 0 Å². The van der Waals surface area contributed by atoms with Crippen molar-refractivity contribution in [2.24, 2.45) is 0 Å². The lowest BCUT2D eigenvalue weighted by molar-refractivity contribution is -0.124. The molecule has 6 nitrogen and oxygen atoms in total. The fraction of sp³-hybridized carbons (Fsp3) is 0.263. The van der Waals surface area contributed by atoms with Crippen LogP contribution in [0.3, 0.4) is 0 Å². The van der Waals surface area contributed by atoms with Gasteiger partial charge in [-0.1, -0.05) is 24.3 Å². The highest BCUT2D eigenvalue weighted by atomic mass is 32.2. The molecule has 4 rings (SSSR count). The molecule has 7 heteroatoms. The smallest absolute Gasteiger partial charge is 0.238 e. The van der Waals surface area contributed by atoms with E-state index in [1.54, 1.807) is 0 Å². The molecule has 0 saturated heterocycles. The Morgan fingerprint density at radius 2 is 1.92 bits per heavy atom. The van der Waals surface area contributed by atoms with Gasteiger partial charge in [-0.25, -0.2) is 0 Å². The van der Waals surface area contributed by atoms with Crippen molar-refractivity contribution in [2.45, 2.75) is 22.7 Å². The third kappa shape index (κ3) is 3.62. The first kappa shape index (κ1) is 16.8. The number of hydrogen-bond acceptors (Lipinski definition) is 5. The number of carbonyl (C=O) groups excluding carboxylic acids is 2. The molecule has 0 radical (unpaired) electrons. The van der Waals surface area contributed by atoms with Crippen molar-refractivity contribution in [2.75, 3.05) is 18.5 Å². The lowest BCUT2D eigenvalue weighted by Gasteiger charge is -2.27. The normalized spacial score (nSPS) is 20.7. The van der Waals surface area contributed by atoms with Crippen LogP contribution in [0.2, 0.25) is 0 Å². The molecule has 0 fully saturated rings. The van der Waals surface area contributed by atoms with Crippen LogP contribution < -0.4 is 20.1 Å². The van der Waals surface area contributed by atoms with Crippen molar-refractivity contribution in [3.63, 3.8) is 0 Å². The fourth-order valence-electron chi connectivity index (χ4n) is 2.86. The van der Waals surface area contributed by atoms with Crippen LogP contribution in [0.5, 0.6) is 11.5 Å². The number of hydrogen-bond donors (Lipinski definition) is 2. The molecule has 2 aromatic carbocycles. The Hall–Kier alpha value is -2.67. The number of para-hydroxylation sites is 3. The molecule has 2 aliphatic heterocycles. The van der Waals surface area contributed by atoms with Crippen molar-refractivity contribution >= 4 is 29.3 Å². The molecule has 2 aliphatic rings.